The fourth-order valence-corrected chi connectivity index (χ4v) is 2.06. The van der Waals surface area contributed by atoms with Gasteiger partial charge in [-0.05, 0) is 13.0 Å². The summed E-state index contributed by atoms with van der Waals surface area (Å²) in [7, 11) is 1.60. The molecule has 4 nitrogen and oxygen atoms in total. The number of nitrogens with zero attached hydrogens (tertiary/aromatic N) is 1. The average Bonchev–Trinajstić information content (AvgIpc) is 2.49. The van der Waals surface area contributed by atoms with Gasteiger partial charge in [0.25, 0.3) is 5.91 Å². The van der Waals surface area contributed by atoms with E-state index in [0.717, 1.165) is 5.56 Å². The Balaban J connectivity index is 2.42. The highest BCUT2D eigenvalue weighted by molar-refractivity contribution is 5.82. The van der Waals surface area contributed by atoms with E-state index in [1.165, 1.54) is 0 Å². The van der Waals surface area contributed by atoms with E-state index in [2.05, 4.69) is 6.58 Å². The summed E-state index contributed by atoms with van der Waals surface area (Å²) in [6.45, 7) is 6.46. The molecule has 1 atom stereocenters. The molecule has 1 unspecified atom stereocenters. The molecule has 2 rings (SSSR count). The lowest BCUT2D eigenvalue weighted by molar-refractivity contribution is -0.137. The molecular weight excluding hydrogens is 230 g/mol. The zero-order chi connectivity index (χ0) is 13.1. The minimum absolute atomic E-state index is 0.0341. The molecule has 1 aromatic rings. The van der Waals surface area contributed by atoms with Gasteiger partial charge >= 0.3 is 0 Å². The Morgan fingerprint density at radius 2 is 2.39 bits per heavy atom. The first-order valence-corrected chi connectivity index (χ1v) is 5.89. The molecule has 0 saturated heterocycles. The third-order valence-corrected chi connectivity index (χ3v) is 2.95. The van der Waals surface area contributed by atoms with Crippen LogP contribution >= 0.6 is 0 Å². The van der Waals surface area contributed by atoms with Gasteiger partial charge < -0.3 is 14.4 Å². The predicted octanol–water partition coefficient (Wildman–Crippen LogP) is 1.99. The van der Waals surface area contributed by atoms with Crippen molar-refractivity contribution in [3.63, 3.8) is 0 Å². The Kier molecular flexibility index (Phi) is 3.55. The molecule has 0 saturated carbocycles. The third-order valence-electron chi connectivity index (χ3n) is 2.95. The highest BCUT2D eigenvalue weighted by atomic mass is 16.5. The van der Waals surface area contributed by atoms with Crippen molar-refractivity contribution in [3.05, 3.63) is 36.4 Å². The molecule has 96 valence electrons. The lowest BCUT2D eigenvalue weighted by Gasteiger charge is -2.20. The summed E-state index contributed by atoms with van der Waals surface area (Å²) >= 11 is 0. The molecule has 0 radical (unpaired) electrons. The Labute approximate surface area is 107 Å². The standard InChI is InChI=1S/C14H17NO3/c1-4-8-15-9-11-6-5-7-12(17-3)13(11)18-10(2)14(15)16/h4-7,10H,1,8-9H2,2-3H3. The van der Waals surface area contributed by atoms with Crippen LogP contribution in [0.15, 0.2) is 30.9 Å². The van der Waals surface area contributed by atoms with Gasteiger partial charge in [-0.1, -0.05) is 18.2 Å². The van der Waals surface area contributed by atoms with Crippen LogP contribution in [-0.4, -0.2) is 30.6 Å². The summed E-state index contributed by atoms with van der Waals surface area (Å²) in [5, 5.41) is 0. The molecular formula is C14H17NO3. The van der Waals surface area contributed by atoms with E-state index in [4.69, 9.17) is 9.47 Å². The zero-order valence-electron chi connectivity index (χ0n) is 10.7. The Hall–Kier alpha value is -1.97. The monoisotopic (exact) mass is 247 g/mol. The first kappa shape index (κ1) is 12.5. The lowest BCUT2D eigenvalue weighted by atomic mass is 10.1. The van der Waals surface area contributed by atoms with Crippen molar-refractivity contribution in [2.45, 2.75) is 19.6 Å². The lowest BCUT2D eigenvalue weighted by Crippen LogP contribution is -2.37. The summed E-state index contributed by atoms with van der Waals surface area (Å²) in [4.78, 5) is 13.8. The molecule has 0 bridgehead atoms. The van der Waals surface area contributed by atoms with Gasteiger partial charge in [0.05, 0.1) is 7.11 Å². The Morgan fingerprint density at radius 1 is 1.61 bits per heavy atom. The van der Waals surface area contributed by atoms with Crippen molar-refractivity contribution >= 4 is 5.91 Å². The van der Waals surface area contributed by atoms with Crippen LogP contribution in [0.5, 0.6) is 11.5 Å². The number of carbonyl (C=O) groups is 1. The molecule has 1 aromatic carbocycles. The van der Waals surface area contributed by atoms with Crippen LogP contribution in [0, 0.1) is 0 Å². The number of para-hydroxylation sites is 1. The average molecular weight is 247 g/mol. The van der Waals surface area contributed by atoms with Crippen molar-refractivity contribution in [3.8, 4) is 11.5 Å². The number of hydrogen-bond donors (Lipinski definition) is 0. The van der Waals surface area contributed by atoms with Crippen LogP contribution in [0.1, 0.15) is 12.5 Å². The van der Waals surface area contributed by atoms with Gasteiger partial charge in [-0.3, -0.25) is 4.79 Å². The first-order chi connectivity index (χ1) is 8.67. The molecule has 1 heterocycles. The number of ether oxygens (including phenoxy) is 2. The molecule has 4 heteroatoms. The number of hydrogen-bond acceptors (Lipinski definition) is 3. The summed E-state index contributed by atoms with van der Waals surface area (Å²) in [6, 6.07) is 5.67. The molecule has 1 aliphatic heterocycles. The molecule has 0 fully saturated rings. The van der Waals surface area contributed by atoms with Crippen molar-refractivity contribution in [2.75, 3.05) is 13.7 Å². The topological polar surface area (TPSA) is 38.8 Å². The van der Waals surface area contributed by atoms with Gasteiger partial charge in [0.1, 0.15) is 0 Å². The van der Waals surface area contributed by atoms with Gasteiger partial charge in [0, 0.05) is 18.7 Å². The van der Waals surface area contributed by atoms with Gasteiger partial charge in [0.15, 0.2) is 17.6 Å². The molecule has 0 spiro atoms. The number of carbonyl (C=O) groups excluding carboxylic acids is 1. The Bertz CT molecular complexity index is 470. The third kappa shape index (κ3) is 2.18. The summed E-state index contributed by atoms with van der Waals surface area (Å²) < 4.78 is 11.0. The van der Waals surface area contributed by atoms with E-state index < -0.39 is 6.10 Å². The molecule has 0 N–H and O–H groups in total. The normalized spacial score (nSPS) is 18.7. The SMILES string of the molecule is C=CCN1Cc2cccc(OC)c2OC(C)C1=O. The van der Waals surface area contributed by atoms with E-state index >= 15 is 0 Å². The maximum absolute atomic E-state index is 12.1. The van der Waals surface area contributed by atoms with Crippen LogP contribution in [0.4, 0.5) is 0 Å². The quantitative estimate of drug-likeness (QED) is 0.767. The van der Waals surface area contributed by atoms with Crippen LogP contribution < -0.4 is 9.47 Å². The van der Waals surface area contributed by atoms with E-state index in [1.807, 2.05) is 18.2 Å². The van der Waals surface area contributed by atoms with Gasteiger partial charge in [-0.15, -0.1) is 6.58 Å². The second-order valence-corrected chi connectivity index (χ2v) is 4.22. The van der Waals surface area contributed by atoms with Crippen molar-refractivity contribution < 1.29 is 14.3 Å². The Morgan fingerprint density at radius 3 is 3.06 bits per heavy atom. The minimum atomic E-state index is -0.512. The zero-order valence-corrected chi connectivity index (χ0v) is 10.7. The minimum Gasteiger partial charge on any atom is -0.493 e. The smallest absolute Gasteiger partial charge is 0.263 e. The van der Waals surface area contributed by atoms with Crippen molar-refractivity contribution in [1.82, 2.24) is 4.90 Å². The van der Waals surface area contributed by atoms with E-state index in [9.17, 15) is 4.79 Å². The predicted molar refractivity (Wildman–Crippen MR) is 68.7 cm³/mol. The van der Waals surface area contributed by atoms with Gasteiger partial charge in [-0.25, -0.2) is 0 Å². The number of amides is 1. The number of methoxy groups -OCH3 is 1. The fraction of sp³-hybridized carbons (Fsp3) is 0.357. The van der Waals surface area contributed by atoms with Gasteiger partial charge in [0.2, 0.25) is 0 Å². The fourth-order valence-electron chi connectivity index (χ4n) is 2.06. The van der Waals surface area contributed by atoms with E-state index in [0.29, 0.717) is 24.6 Å². The van der Waals surface area contributed by atoms with Gasteiger partial charge in [-0.2, -0.15) is 0 Å². The molecule has 1 amide bonds. The van der Waals surface area contributed by atoms with E-state index in [-0.39, 0.29) is 5.91 Å². The number of benzene rings is 1. The second kappa shape index (κ2) is 5.12. The largest absolute Gasteiger partial charge is 0.493 e. The second-order valence-electron chi connectivity index (χ2n) is 4.22. The number of rotatable bonds is 3. The van der Waals surface area contributed by atoms with Crippen LogP contribution in [0.2, 0.25) is 0 Å². The van der Waals surface area contributed by atoms with Crippen LogP contribution in [0.25, 0.3) is 0 Å². The summed E-state index contributed by atoms with van der Waals surface area (Å²) in [6.07, 6.45) is 1.21. The first-order valence-electron chi connectivity index (χ1n) is 5.89. The van der Waals surface area contributed by atoms with Crippen LogP contribution in [0.3, 0.4) is 0 Å². The molecule has 0 aliphatic carbocycles. The molecule has 1 aliphatic rings. The summed E-state index contributed by atoms with van der Waals surface area (Å²) in [5.41, 5.74) is 0.953. The molecule has 18 heavy (non-hydrogen) atoms. The highest BCUT2D eigenvalue weighted by Crippen LogP contribution is 2.34. The van der Waals surface area contributed by atoms with Crippen LogP contribution in [-0.2, 0) is 11.3 Å². The number of fused-ring (bicyclic) bond motifs is 1. The maximum Gasteiger partial charge on any atom is 0.263 e. The van der Waals surface area contributed by atoms with Crippen molar-refractivity contribution in [1.29, 1.82) is 0 Å². The maximum atomic E-state index is 12.1. The summed E-state index contributed by atoms with van der Waals surface area (Å²) in [5.74, 6) is 1.29. The van der Waals surface area contributed by atoms with Crippen molar-refractivity contribution in [2.24, 2.45) is 0 Å². The molecule has 0 aromatic heterocycles. The van der Waals surface area contributed by atoms with E-state index in [1.54, 1.807) is 25.0 Å². The highest BCUT2D eigenvalue weighted by Gasteiger charge is 2.28.